The van der Waals surface area contributed by atoms with Gasteiger partial charge in [-0.05, 0) is 25.1 Å². The highest BCUT2D eigenvalue weighted by Crippen LogP contribution is 2.26. The lowest BCUT2D eigenvalue weighted by atomic mass is 10.1. The highest BCUT2D eigenvalue weighted by molar-refractivity contribution is 8.23. The van der Waals surface area contributed by atoms with E-state index in [1.807, 2.05) is 0 Å². The van der Waals surface area contributed by atoms with E-state index in [9.17, 15) is 4.79 Å². The zero-order chi connectivity index (χ0) is 11.8. The van der Waals surface area contributed by atoms with Crippen molar-refractivity contribution in [1.82, 2.24) is 0 Å². The summed E-state index contributed by atoms with van der Waals surface area (Å²) in [5.41, 5.74) is 0. The molecule has 0 amide bonds. The van der Waals surface area contributed by atoms with Crippen molar-refractivity contribution in [3.63, 3.8) is 0 Å². The molecule has 0 aromatic heterocycles. The van der Waals surface area contributed by atoms with Crippen molar-refractivity contribution in [2.24, 2.45) is 0 Å². The molecular weight excluding hydrogens is 244 g/mol. The second kappa shape index (κ2) is 7.68. The summed E-state index contributed by atoms with van der Waals surface area (Å²) in [6.07, 6.45) is 5.39. The van der Waals surface area contributed by atoms with Gasteiger partial charge in [0, 0.05) is 11.3 Å². The number of esters is 1. The average molecular weight is 260 g/mol. The van der Waals surface area contributed by atoms with E-state index in [2.05, 4.69) is 6.58 Å². The third-order valence-corrected chi connectivity index (χ3v) is 3.65. The number of thioether (sulfide) groups is 1. The Kier molecular flexibility index (Phi) is 6.49. The van der Waals surface area contributed by atoms with E-state index in [0.29, 0.717) is 16.2 Å². The molecule has 1 rings (SSSR count). The Morgan fingerprint density at radius 1 is 1.62 bits per heavy atom. The molecule has 5 heteroatoms. The number of carbonyl (C=O) groups is 1. The van der Waals surface area contributed by atoms with Crippen LogP contribution in [-0.4, -0.2) is 28.8 Å². The van der Waals surface area contributed by atoms with Crippen LogP contribution in [0.25, 0.3) is 0 Å². The van der Waals surface area contributed by atoms with Gasteiger partial charge in [-0.3, -0.25) is 0 Å². The standard InChI is InChI=1S/C11H16O3S2/c1-2-10(12)13-7-5-3-4-6-9-8-14-11(15)16-9/h2,9H,1,3-8H2. The van der Waals surface area contributed by atoms with E-state index in [-0.39, 0.29) is 5.97 Å². The van der Waals surface area contributed by atoms with E-state index in [0.717, 1.165) is 32.3 Å². The number of hydrogen-bond donors (Lipinski definition) is 0. The van der Waals surface area contributed by atoms with Crippen molar-refractivity contribution >= 4 is 34.3 Å². The topological polar surface area (TPSA) is 35.5 Å². The summed E-state index contributed by atoms with van der Waals surface area (Å²) in [5, 5.41) is 0.517. The molecule has 0 spiro atoms. The average Bonchev–Trinajstić information content (AvgIpc) is 2.69. The normalized spacial score (nSPS) is 19.2. The first-order valence-corrected chi connectivity index (χ1v) is 6.63. The highest BCUT2D eigenvalue weighted by Gasteiger charge is 2.20. The summed E-state index contributed by atoms with van der Waals surface area (Å²) in [7, 11) is 0. The summed E-state index contributed by atoms with van der Waals surface area (Å²) in [6.45, 7) is 4.56. The maximum absolute atomic E-state index is 10.7. The molecule has 0 aromatic carbocycles. The Morgan fingerprint density at radius 3 is 3.06 bits per heavy atom. The van der Waals surface area contributed by atoms with Crippen molar-refractivity contribution in [3.8, 4) is 0 Å². The van der Waals surface area contributed by atoms with Crippen LogP contribution in [0.1, 0.15) is 25.7 Å². The lowest BCUT2D eigenvalue weighted by molar-refractivity contribution is -0.137. The Balaban J connectivity index is 1.90. The first kappa shape index (κ1) is 13.5. The lowest BCUT2D eigenvalue weighted by Crippen LogP contribution is -2.04. The number of ether oxygens (including phenoxy) is 2. The van der Waals surface area contributed by atoms with Gasteiger partial charge in [-0.1, -0.05) is 31.2 Å². The summed E-state index contributed by atoms with van der Waals surface area (Å²) in [5.74, 6) is -0.343. The number of rotatable bonds is 7. The molecule has 1 fully saturated rings. The van der Waals surface area contributed by atoms with E-state index in [1.54, 1.807) is 11.8 Å². The molecule has 1 heterocycles. The molecule has 0 radical (unpaired) electrons. The number of unbranched alkanes of at least 4 members (excludes halogenated alkanes) is 2. The van der Waals surface area contributed by atoms with Gasteiger partial charge in [0.05, 0.1) is 6.61 Å². The fraction of sp³-hybridized carbons (Fsp3) is 0.636. The molecule has 0 bridgehead atoms. The second-order valence-corrected chi connectivity index (χ2v) is 5.42. The Bertz CT molecular complexity index is 266. The first-order valence-electron chi connectivity index (χ1n) is 5.35. The van der Waals surface area contributed by atoms with E-state index in [4.69, 9.17) is 21.7 Å². The van der Waals surface area contributed by atoms with Crippen molar-refractivity contribution in [2.75, 3.05) is 13.2 Å². The molecule has 16 heavy (non-hydrogen) atoms. The van der Waals surface area contributed by atoms with Crippen LogP contribution in [0.2, 0.25) is 0 Å². The van der Waals surface area contributed by atoms with E-state index < -0.39 is 0 Å². The van der Waals surface area contributed by atoms with Gasteiger partial charge < -0.3 is 9.47 Å². The van der Waals surface area contributed by atoms with Crippen molar-refractivity contribution in [2.45, 2.75) is 30.9 Å². The third kappa shape index (κ3) is 5.51. The maximum Gasteiger partial charge on any atom is 0.330 e. The summed E-state index contributed by atoms with van der Waals surface area (Å²) in [4.78, 5) is 10.7. The molecule has 0 saturated carbocycles. The largest absolute Gasteiger partial charge is 0.477 e. The fourth-order valence-corrected chi connectivity index (χ4v) is 2.70. The molecule has 0 N–H and O–H groups in total. The van der Waals surface area contributed by atoms with Gasteiger partial charge >= 0.3 is 5.97 Å². The fourth-order valence-electron chi connectivity index (χ4n) is 1.39. The Hall–Kier alpha value is -0.550. The first-order chi connectivity index (χ1) is 7.72. The molecule has 1 unspecified atom stereocenters. The zero-order valence-electron chi connectivity index (χ0n) is 9.15. The minimum atomic E-state index is -0.343. The minimum absolute atomic E-state index is 0.343. The van der Waals surface area contributed by atoms with Crippen LogP contribution in [-0.2, 0) is 14.3 Å². The quantitative estimate of drug-likeness (QED) is 0.304. The number of hydrogen-bond acceptors (Lipinski definition) is 5. The zero-order valence-corrected chi connectivity index (χ0v) is 10.8. The smallest absolute Gasteiger partial charge is 0.330 e. The Labute approximate surface area is 106 Å². The van der Waals surface area contributed by atoms with Gasteiger partial charge in [0.15, 0.2) is 0 Å². The SMILES string of the molecule is C=CC(=O)OCCCCCC1COC(=S)S1. The Morgan fingerprint density at radius 2 is 2.44 bits per heavy atom. The summed E-state index contributed by atoms with van der Waals surface area (Å²) >= 11 is 6.58. The van der Waals surface area contributed by atoms with Crippen molar-refractivity contribution in [1.29, 1.82) is 0 Å². The molecule has 0 aliphatic carbocycles. The van der Waals surface area contributed by atoms with Gasteiger partial charge in [0.25, 0.3) is 0 Å². The number of carbonyl (C=O) groups excluding carboxylic acids is 1. The number of thiocarbonyl (C=S) groups is 1. The van der Waals surface area contributed by atoms with Crippen LogP contribution in [0, 0.1) is 0 Å². The van der Waals surface area contributed by atoms with Crippen LogP contribution >= 0.6 is 24.0 Å². The predicted molar refractivity (Wildman–Crippen MR) is 69.6 cm³/mol. The highest BCUT2D eigenvalue weighted by atomic mass is 32.2. The minimum Gasteiger partial charge on any atom is -0.477 e. The summed E-state index contributed by atoms with van der Waals surface area (Å²) < 4.78 is 10.7. The van der Waals surface area contributed by atoms with Crippen LogP contribution in [0.4, 0.5) is 0 Å². The molecule has 90 valence electrons. The monoisotopic (exact) mass is 260 g/mol. The predicted octanol–water partition coefficient (Wildman–Crippen LogP) is 2.69. The lowest BCUT2D eigenvalue weighted by Gasteiger charge is -2.05. The molecule has 1 atom stereocenters. The maximum atomic E-state index is 10.7. The molecule has 0 aromatic rings. The van der Waals surface area contributed by atoms with Gasteiger partial charge in [-0.2, -0.15) is 0 Å². The van der Waals surface area contributed by atoms with Gasteiger partial charge in [0.1, 0.15) is 6.61 Å². The van der Waals surface area contributed by atoms with Gasteiger partial charge in [-0.25, -0.2) is 4.79 Å². The van der Waals surface area contributed by atoms with E-state index in [1.165, 1.54) is 6.08 Å². The van der Waals surface area contributed by atoms with Crippen LogP contribution < -0.4 is 0 Å². The van der Waals surface area contributed by atoms with Crippen molar-refractivity contribution in [3.05, 3.63) is 12.7 Å². The second-order valence-electron chi connectivity index (χ2n) is 3.52. The molecule has 1 saturated heterocycles. The van der Waals surface area contributed by atoms with E-state index >= 15 is 0 Å². The van der Waals surface area contributed by atoms with Crippen LogP contribution in [0.3, 0.4) is 0 Å². The molecule has 1 aliphatic rings. The van der Waals surface area contributed by atoms with Crippen LogP contribution in [0.5, 0.6) is 0 Å². The molecule has 3 nitrogen and oxygen atoms in total. The molecule has 1 aliphatic heterocycles. The van der Waals surface area contributed by atoms with Gasteiger partial charge in [-0.15, -0.1) is 0 Å². The third-order valence-electron chi connectivity index (χ3n) is 2.23. The van der Waals surface area contributed by atoms with Crippen LogP contribution in [0.15, 0.2) is 12.7 Å². The van der Waals surface area contributed by atoms with Gasteiger partial charge in [0.2, 0.25) is 4.38 Å². The summed E-state index contributed by atoms with van der Waals surface area (Å²) in [6, 6.07) is 0. The van der Waals surface area contributed by atoms with Crippen molar-refractivity contribution < 1.29 is 14.3 Å². The molecular formula is C11H16O3S2.